The van der Waals surface area contributed by atoms with Gasteiger partial charge < -0.3 is 15.4 Å². The predicted molar refractivity (Wildman–Crippen MR) is 74.7 cm³/mol. The molecule has 0 aliphatic carbocycles. The Bertz CT molecular complexity index is 458. The third-order valence-corrected chi connectivity index (χ3v) is 3.55. The van der Waals surface area contributed by atoms with Crippen LogP contribution in [0.5, 0.6) is 0 Å². The zero-order chi connectivity index (χ0) is 13.1. The molecule has 0 aromatic heterocycles. The Balaban J connectivity index is 1.70. The van der Waals surface area contributed by atoms with Gasteiger partial charge in [0.2, 0.25) is 0 Å². The molecule has 2 heterocycles. The molecular weight excluding hydrogens is 242 g/mol. The Kier molecular flexibility index (Phi) is 3.55. The summed E-state index contributed by atoms with van der Waals surface area (Å²) in [5.41, 5.74) is 1.99. The van der Waals surface area contributed by atoms with Gasteiger partial charge in [-0.3, -0.25) is 4.90 Å². The molecule has 2 amide bonds. The molecule has 2 aliphatic heterocycles. The lowest BCUT2D eigenvalue weighted by Gasteiger charge is -2.25. The second-order valence-electron chi connectivity index (χ2n) is 4.99. The first-order valence-corrected chi connectivity index (χ1v) is 6.83. The lowest BCUT2D eigenvalue weighted by atomic mass is 10.1. The molecule has 1 atom stereocenters. The van der Waals surface area contributed by atoms with Gasteiger partial charge in [0, 0.05) is 37.1 Å². The molecule has 2 fully saturated rings. The molecule has 19 heavy (non-hydrogen) atoms. The largest absolute Gasteiger partial charge is 0.380 e. The lowest BCUT2D eigenvalue weighted by Crippen LogP contribution is -2.30. The summed E-state index contributed by atoms with van der Waals surface area (Å²) in [4.78, 5) is 13.4. The molecule has 1 aromatic carbocycles. The molecule has 5 nitrogen and oxygen atoms in total. The molecule has 102 valence electrons. The third kappa shape index (κ3) is 2.81. The first kappa shape index (κ1) is 12.3. The number of carbonyl (C=O) groups excluding carboxylic acids is 1. The van der Waals surface area contributed by atoms with E-state index in [1.807, 2.05) is 24.3 Å². The van der Waals surface area contributed by atoms with E-state index in [0.29, 0.717) is 12.6 Å². The van der Waals surface area contributed by atoms with Crippen molar-refractivity contribution in [2.45, 2.75) is 18.9 Å². The number of amides is 2. The van der Waals surface area contributed by atoms with Crippen LogP contribution in [0.3, 0.4) is 0 Å². The molecule has 2 aliphatic rings. The number of nitrogens with zero attached hydrogens (tertiary/aromatic N) is 1. The number of benzene rings is 1. The van der Waals surface area contributed by atoms with Crippen molar-refractivity contribution in [1.82, 2.24) is 5.32 Å². The molecule has 2 N–H and O–H groups in total. The van der Waals surface area contributed by atoms with Gasteiger partial charge in [-0.2, -0.15) is 0 Å². The van der Waals surface area contributed by atoms with Crippen LogP contribution in [-0.2, 0) is 4.74 Å². The highest BCUT2D eigenvalue weighted by Gasteiger charge is 2.21. The first-order valence-electron chi connectivity index (χ1n) is 6.83. The minimum Gasteiger partial charge on any atom is -0.380 e. The molecule has 0 radical (unpaired) electrons. The average Bonchev–Trinajstić information content (AvgIpc) is 2.86. The summed E-state index contributed by atoms with van der Waals surface area (Å²) in [6.07, 6.45) is 2.24. The van der Waals surface area contributed by atoms with Gasteiger partial charge in [-0.05, 0) is 31.0 Å². The van der Waals surface area contributed by atoms with E-state index in [4.69, 9.17) is 4.74 Å². The number of anilines is 2. The van der Waals surface area contributed by atoms with Gasteiger partial charge >= 0.3 is 6.03 Å². The van der Waals surface area contributed by atoms with Crippen molar-refractivity contribution < 1.29 is 9.53 Å². The number of hydrogen-bond acceptors (Lipinski definition) is 3. The molecule has 0 spiro atoms. The topological polar surface area (TPSA) is 53.6 Å². The zero-order valence-corrected chi connectivity index (χ0v) is 10.9. The standard InChI is InChI=1S/C14H19N3O2/c18-14-15-6-7-17(14)13-5-1-3-11(9-13)16-12-4-2-8-19-10-12/h1,3,5,9,12,16H,2,4,6-8,10H2,(H,15,18). The zero-order valence-electron chi connectivity index (χ0n) is 10.9. The van der Waals surface area contributed by atoms with E-state index in [2.05, 4.69) is 10.6 Å². The van der Waals surface area contributed by atoms with Crippen LogP contribution in [0.2, 0.25) is 0 Å². The normalized spacial score (nSPS) is 23.3. The van der Waals surface area contributed by atoms with Gasteiger partial charge in [0.05, 0.1) is 6.61 Å². The Morgan fingerprint density at radius 1 is 1.42 bits per heavy atom. The first-order chi connectivity index (χ1) is 9.33. The fourth-order valence-electron chi connectivity index (χ4n) is 2.57. The van der Waals surface area contributed by atoms with Gasteiger partial charge in [0.15, 0.2) is 0 Å². The maximum atomic E-state index is 11.7. The second-order valence-corrected chi connectivity index (χ2v) is 4.99. The van der Waals surface area contributed by atoms with Crippen molar-refractivity contribution in [3.8, 4) is 0 Å². The van der Waals surface area contributed by atoms with Crippen LogP contribution >= 0.6 is 0 Å². The van der Waals surface area contributed by atoms with E-state index in [1.165, 1.54) is 0 Å². The average molecular weight is 261 g/mol. The summed E-state index contributed by atoms with van der Waals surface area (Å²) < 4.78 is 5.46. The number of carbonyl (C=O) groups is 1. The number of hydrogen-bond donors (Lipinski definition) is 2. The van der Waals surface area contributed by atoms with Gasteiger partial charge in [0.25, 0.3) is 0 Å². The highest BCUT2D eigenvalue weighted by atomic mass is 16.5. The number of nitrogens with one attached hydrogen (secondary N) is 2. The van der Waals surface area contributed by atoms with Crippen LogP contribution in [0.15, 0.2) is 24.3 Å². The molecule has 2 saturated heterocycles. The lowest BCUT2D eigenvalue weighted by molar-refractivity contribution is 0.0876. The van der Waals surface area contributed by atoms with E-state index < -0.39 is 0 Å². The van der Waals surface area contributed by atoms with Crippen LogP contribution in [0, 0.1) is 0 Å². The summed E-state index contributed by atoms with van der Waals surface area (Å²) in [5.74, 6) is 0. The van der Waals surface area contributed by atoms with E-state index in [0.717, 1.165) is 44.0 Å². The molecule has 1 unspecified atom stereocenters. The highest BCUT2D eigenvalue weighted by Crippen LogP contribution is 2.22. The van der Waals surface area contributed by atoms with Crippen molar-refractivity contribution in [2.75, 3.05) is 36.5 Å². The summed E-state index contributed by atoms with van der Waals surface area (Å²) in [5, 5.41) is 6.29. The Hall–Kier alpha value is -1.75. The fourth-order valence-corrected chi connectivity index (χ4v) is 2.57. The van der Waals surface area contributed by atoms with Crippen molar-refractivity contribution in [3.05, 3.63) is 24.3 Å². The maximum Gasteiger partial charge on any atom is 0.321 e. The summed E-state index contributed by atoms with van der Waals surface area (Å²) in [6.45, 7) is 3.07. The fraction of sp³-hybridized carbons (Fsp3) is 0.500. The van der Waals surface area contributed by atoms with Crippen LogP contribution in [0.1, 0.15) is 12.8 Å². The van der Waals surface area contributed by atoms with Crippen LogP contribution in [0.25, 0.3) is 0 Å². The van der Waals surface area contributed by atoms with Gasteiger partial charge in [-0.25, -0.2) is 4.79 Å². The van der Waals surface area contributed by atoms with E-state index in [1.54, 1.807) is 4.90 Å². The Morgan fingerprint density at radius 2 is 2.37 bits per heavy atom. The number of urea groups is 1. The van der Waals surface area contributed by atoms with E-state index in [9.17, 15) is 4.79 Å². The molecule has 0 bridgehead atoms. The van der Waals surface area contributed by atoms with Crippen molar-refractivity contribution >= 4 is 17.4 Å². The molecule has 1 aromatic rings. The molecular formula is C14H19N3O2. The Morgan fingerprint density at radius 3 is 3.11 bits per heavy atom. The predicted octanol–water partition coefficient (Wildman–Crippen LogP) is 1.81. The van der Waals surface area contributed by atoms with E-state index >= 15 is 0 Å². The van der Waals surface area contributed by atoms with Gasteiger partial charge in [-0.1, -0.05) is 6.07 Å². The van der Waals surface area contributed by atoms with Crippen LogP contribution < -0.4 is 15.5 Å². The van der Waals surface area contributed by atoms with Gasteiger partial charge in [0.1, 0.15) is 0 Å². The Labute approximate surface area is 112 Å². The number of ether oxygens (including phenoxy) is 1. The SMILES string of the molecule is O=C1NCCN1c1cccc(NC2CCCOC2)c1. The van der Waals surface area contributed by atoms with Crippen molar-refractivity contribution in [2.24, 2.45) is 0 Å². The minimum atomic E-state index is -0.0156. The third-order valence-electron chi connectivity index (χ3n) is 3.55. The van der Waals surface area contributed by atoms with Crippen molar-refractivity contribution in [1.29, 1.82) is 0 Å². The van der Waals surface area contributed by atoms with Crippen molar-refractivity contribution in [3.63, 3.8) is 0 Å². The second kappa shape index (κ2) is 5.48. The number of rotatable bonds is 3. The molecule has 3 rings (SSSR count). The maximum absolute atomic E-state index is 11.7. The molecule has 0 saturated carbocycles. The highest BCUT2D eigenvalue weighted by molar-refractivity contribution is 5.94. The molecule has 5 heteroatoms. The summed E-state index contributed by atoms with van der Waals surface area (Å²) >= 11 is 0. The summed E-state index contributed by atoms with van der Waals surface area (Å²) in [7, 11) is 0. The van der Waals surface area contributed by atoms with E-state index in [-0.39, 0.29) is 6.03 Å². The summed E-state index contributed by atoms with van der Waals surface area (Å²) in [6, 6.07) is 8.36. The smallest absolute Gasteiger partial charge is 0.321 e. The van der Waals surface area contributed by atoms with Gasteiger partial charge in [-0.15, -0.1) is 0 Å². The monoisotopic (exact) mass is 261 g/mol. The van der Waals surface area contributed by atoms with Crippen LogP contribution in [0.4, 0.5) is 16.2 Å². The van der Waals surface area contributed by atoms with Crippen LogP contribution in [-0.4, -0.2) is 38.4 Å². The quantitative estimate of drug-likeness (QED) is 0.872. The minimum absolute atomic E-state index is 0.0156.